The summed E-state index contributed by atoms with van der Waals surface area (Å²) in [4.78, 5) is 0. The molecule has 2 atom stereocenters. The number of ether oxygens (including phenoxy) is 1. The maximum atomic E-state index is 5.35. The van der Waals surface area contributed by atoms with Gasteiger partial charge >= 0.3 is 0 Å². The van der Waals surface area contributed by atoms with Gasteiger partial charge in [-0.05, 0) is 25.7 Å². The molecule has 1 rings (SSSR count). The topological polar surface area (TPSA) is 9.23 Å². The fraction of sp³-hybridized carbons (Fsp3) is 1.00. The standard InChI is InChI=1S/C7H14O/c1-6-3-4-8-7(2)5-6/h6-7H,3-5H2,1-2H3/t6-,7+/m1/s1. The van der Waals surface area contributed by atoms with Gasteiger partial charge in [-0.2, -0.15) is 0 Å². The van der Waals surface area contributed by atoms with E-state index in [2.05, 4.69) is 13.8 Å². The van der Waals surface area contributed by atoms with Gasteiger partial charge in [-0.3, -0.25) is 0 Å². The minimum Gasteiger partial charge on any atom is -0.378 e. The summed E-state index contributed by atoms with van der Waals surface area (Å²) in [7, 11) is 0. The molecule has 1 heterocycles. The largest absolute Gasteiger partial charge is 0.378 e. The number of rotatable bonds is 0. The Morgan fingerprint density at radius 2 is 2.12 bits per heavy atom. The lowest BCUT2D eigenvalue weighted by Gasteiger charge is -2.23. The van der Waals surface area contributed by atoms with Crippen molar-refractivity contribution in [3.05, 3.63) is 0 Å². The molecule has 0 amide bonds. The average Bonchev–Trinajstić information content (AvgIpc) is 1.64. The van der Waals surface area contributed by atoms with Gasteiger partial charge in [0, 0.05) is 6.61 Å². The van der Waals surface area contributed by atoms with Gasteiger partial charge in [0.25, 0.3) is 0 Å². The molecule has 0 spiro atoms. The van der Waals surface area contributed by atoms with Crippen LogP contribution in [0.25, 0.3) is 0 Å². The van der Waals surface area contributed by atoms with E-state index < -0.39 is 0 Å². The van der Waals surface area contributed by atoms with Crippen molar-refractivity contribution in [1.29, 1.82) is 0 Å². The Morgan fingerprint density at radius 3 is 2.50 bits per heavy atom. The van der Waals surface area contributed by atoms with Gasteiger partial charge in [-0.25, -0.2) is 0 Å². The molecule has 48 valence electrons. The van der Waals surface area contributed by atoms with Crippen LogP contribution in [0.5, 0.6) is 0 Å². The van der Waals surface area contributed by atoms with Crippen LogP contribution in [0.3, 0.4) is 0 Å². The molecular weight excluding hydrogens is 100 g/mol. The molecule has 1 aliphatic heterocycles. The molecule has 1 fully saturated rings. The molecule has 0 radical (unpaired) electrons. The van der Waals surface area contributed by atoms with Crippen molar-refractivity contribution in [1.82, 2.24) is 0 Å². The highest BCUT2D eigenvalue weighted by Gasteiger charge is 2.13. The predicted octanol–water partition coefficient (Wildman–Crippen LogP) is 1.82. The van der Waals surface area contributed by atoms with Crippen molar-refractivity contribution >= 4 is 0 Å². The van der Waals surface area contributed by atoms with Gasteiger partial charge in [-0.15, -0.1) is 0 Å². The van der Waals surface area contributed by atoms with Crippen molar-refractivity contribution in [2.45, 2.75) is 32.8 Å². The van der Waals surface area contributed by atoms with Crippen molar-refractivity contribution in [2.24, 2.45) is 5.92 Å². The van der Waals surface area contributed by atoms with Crippen molar-refractivity contribution in [3.63, 3.8) is 0 Å². The molecule has 0 unspecified atom stereocenters. The van der Waals surface area contributed by atoms with E-state index in [9.17, 15) is 0 Å². The summed E-state index contributed by atoms with van der Waals surface area (Å²) in [6.45, 7) is 5.41. The van der Waals surface area contributed by atoms with E-state index in [0.717, 1.165) is 12.5 Å². The zero-order valence-electron chi connectivity index (χ0n) is 5.68. The maximum Gasteiger partial charge on any atom is 0.0549 e. The van der Waals surface area contributed by atoms with E-state index in [4.69, 9.17) is 4.74 Å². The lowest BCUT2D eigenvalue weighted by atomic mass is 9.99. The van der Waals surface area contributed by atoms with Crippen LogP contribution in [0, 0.1) is 5.92 Å². The Kier molecular flexibility index (Phi) is 1.90. The summed E-state index contributed by atoms with van der Waals surface area (Å²) in [5.41, 5.74) is 0. The molecule has 1 saturated heterocycles. The predicted molar refractivity (Wildman–Crippen MR) is 33.8 cm³/mol. The highest BCUT2D eigenvalue weighted by atomic mass is 16.5. The number of hydrogen-bond acceptors (Lipinski definition) is 1. The maximum absolute atomic E-state index is 5.35. The molecule has 1 aliphatic rings. The van der Waals surface area contributed by atoms with Crippen LogP contribution in [0.1, 0.15) is 26.7 Å². The first-order valence-corrected chi connectivity index (χ1v) is 3.40. The summed E-state index contributed by atoms with van der Waals surface area (Å²) in [5.74, 6) is 0.888. The average molecular weight is 114 g/mol. The van der Waals surface area contributed by atoms with Crippen LogP contribution < -0.4 is 0 Å². The molecule has 0 bridgehead atoms. The summed E-state index contributed by atoms with van der Waals surface area (Å²) in [6.07, 6.45) is 3.02. The van der Waals surface area contributed by atoms with Crippen molar-refractivity contribution in [3.8, 4) is 0 Å². The van der Waals surface area contributed by atoms with E-state index in [0.29, 0.717) is 6.10 Å². The first-order valence-electron chi connectivity index (χ1n) is 3.40. The fourth-order valence-corrected chi connectivity index (χ4v) is 1.22. The minimum atomic E-state index is 0.513. The monoisotopic (exact) mass is 114 g/mol. The SMILES string of the molecule is C[C@@H]1CCO[C@@H](C)C1. The van der Waals surface area contributed by atoms with Crippen molar-refractivity contribution < 1.29 is 4.74 Å². The van der Waals surface area contributed by atoms with Crippen LogP contribution >= 0.6 is 0 Å². The first-order chi connectivity index (χ1) is 3.79. The van der Waals surface area contributed by atoms with Crippen molar-refractivity contribution in [2.75, 3.05) is 6.61 Å². The van der Waals surface area contributed by atoms with Gasteiger partial charge in [-0.1, -0.05) is 6.92 Å². The van der Waals surface area contributed by atoms with E-state index in [-0.39, 0.29) is 0 Å². The van der Waals surface area contributed by atoms with Gasteiger partial charge in [0.1, 0.15) is 0 Å². The van der Waals surface area contributed by atoms with E-state index in [1.807, 2.05) is 0 Å². The molecule has 0 aromatic rings. The van der Waals surface area contributed by atoms with Crippen LogP contribution in [0.15, 0.2) is 0 Å². The van der Waals surface area contributed by atoms with Crippen LogP contribution in [-0.4, -0.2) is 12.7 Å². The molecular formula is C7H14O. The van der Waals surface area contributed by atoms with Gasteiger partial charge < -0.3 is 4.74 Å². The smallest absolute Gasteiger partial charge is 0.0549 e. The summed E-state index contributed by atoms with van der Waals surface area (Å²) < 4.78 is 5.35. The third-order valence-electron chi connectivity index (χ3n) is 1.75. The van der Waals surface area contributed by atoms with Crippen LogP contribution in [0.4, 0.5) is 0 Å². The molecule has 0 aromatic heterocycles. The molecule has 1 heteroatoms. The second-order valence-corrected chi connectivity index (χ2v) is 2.81. The third-order valence-corrected chi connectivity index (χ3v) is 1.75. The van der Waals surface area contributed by atoms with Crippen LogP contribution in [-0.2, 0) is 4.74 Å². The fourth-order valence-electron chi connectivity index (χ4n) is 1.22. The highest BCUT2D eigenvalue weighted by Crippen LogP contribution is 2.18. The summed E-state index contributed by atoms with van der Waals surface area (Å²) in [5, 5.41) is 0. The summed E-state index contributed by atoms with van der Waals surface area (Å²) in [6, 6.07) is 0. The van der Waals surface area contributed by atoms with Gasteiger partial charge in [0.05, 0.1) is 6.10 Å². The quantitative estimate of drug-likeness (QED) is 0.466. The summed E-state index contributed by atoms with van der Waals surface area (Å²) >= 11 is 0. The molecule has 1 nitrogen and oxygen atoms in total. The van der Waals surface area contributed by atoms with E-state index in [1.165, 1.54) is 12.8 Å². The molecule has 0 N–H and O–H groups in total. The third kappa shape index (κ3) is 1.48. The molecule has 8 heavy (non-hydrogen) atoms. The zero-order chi connectivity index (χ0) is 5.98. The number of hydrogen-bond donors (Lipinski definition) is 0. The second-order valence-electron chi connectivity index (χ2n) is 2.81. The lowest BCUT2D eigenvalue weighted by Crippen LogP contribution is -2.20. The molecule has 0 aliphatic carbocycles. The normalized spacial score (nSPS) is 39.8. The Labute approximate surface area is 51.0 Å². The Balaban J connectivity index is 2.23. The lowest BCUT2D eigenvalue weighted by molar-refractivity contribution is 0.00682. The zero-order valence-corrected chi connectivity index (χ0v) is 5.68. The van der Waals surface area contributed by atoms with E-state index in [1.54, 1.807) is 0 Å². The second kappa shape index (κ2) is 2.49. The molecule has 0 saturated carbocycles. The first kappa shape index (κ1) is 6.09. The van der Waals surface area contributed by atoms with E-state index >= 15 is 0 Å². The molecule has 0 aromatic carbocycles. The van der Waals surface area contributed by atoms with Gasteiger partial charge in [0.15, 0.2) is 0 Å². The minimum absolute atomic E-state index is 0.513. The Morgan fingerprint density at radius 1 is 1.38 bits per heavy atom. The van der Waals surface area contributed by atoms with Gasteiger partial charge in [0.2, 0.25) is 0 Å². The Bertz CT molecular complexity index is 62.8. The van der Waals surface area contributed by atoms with Crippen LogP contribution in [0.2, 0.25) is 0 Å². The highest BCUT2D eigenvalue weighted by molar-refractivity contribution is 4.63. The Hall–Kier alpha value is -0.0400.